The quantitative estimate of drug-likeness (QED) is 0.141. The third-order valence-electron chi connectivity index (χ3n) is 6.56. The van der Waals surface area contributed by atoms with E-state index in [1.807, 2.05) is 6.92 Å². The lowest BCUT2D eigenvalue weighted by atomic mass is 9.82. The van der Waals surface area contributed by atoms with E-state index >= 15 is 0 Å². The van der Waals surface area contributed by atoms with Crippen LogP contribution in [-0.2, 0) is 4.79 Å². The van der Waals surface area contributed by atoms with Crippen LogP contribution in [0.4, 0.5) is 0 Å². The topological polar surface area (TPSA) is 32.7 Å². The van der Waals surface area contributed by atoms with Crippen LogP contribution in [0.15, 0.2) is 22.7 Å². The maximum absolute atomic E-state index is 11.3. The summed E-state index contributed by atoms with van der Waals surface area (Å²) in [6, 6.07) is 4.53. The minimum atomic E-state index is 0.363. The van der Waals surface area contributed by atoms with Gasteiger partial charge in [0.15, 0.2) is 0 Å². The number of benzene rings is 1. The van der Waals surface area contributed by atoms with Crippen LogP contribution in [0.1, 0.15) is 148 Å². The number of aldehydes is 1. The van der Waals surface area contributed by atoms with Crippen molar-refractivity contribution in [2.24, 2.45) is 4.99 Å². The maximum Gasteiger partial charge on any atom is 0.147 e. The van der Waals surface area contributed by atoms with Gasteiger partial charge in [-0.05, 0) is 87.0 Å². The molecule has 0 fully saturated rings. The smallest absolute Gasteiger partial charge is 0.147 e. The highest BCUT2D eigenvalue weighted by Gasteiger charge is 2.20. The summed E-state index contributed by atoms with van der Waals surface area (Å²) in [5, 5.41) is 0. The van der Waals surface area contributed by atoms with E-state index in [2.05, 4.69) is 91.1 Å². The minimum Gasteiger partial charge on any atom is -0.303 e. The molecule has 3 heteroatoms. The van der Waals surface area contributed by atoms with Crippen LogP contribution in [0.2, 0.25) is 0 Å². The van der Waals surface area contributed by atoms with Crippen molar-refractivity contribution in [3.8, 4) is 0 Å². The Morgan fingerprint density at radius 1 is 0.829 bits per heavy atom. The average Bonchev–Trinajstić information content (AvgIpc) is 2.83. The van der Waals surface area contributed by atoms with Crippen LogP contribution in [0, 0.1) is 0 Å². The molecule has 0 aliphatic rings. The molecule has 0 aromatic heterocycles. The first kappa shape index (κ1) is 33.3. The Morgan fingerprint density at radius 3 is 1.49 bits per heavy atom. The van der Waals surface area contributed by atoms with E-state index in [4.69, 9.17) is 0 Å². The lowest BCUT2D eigenvalue weighted by Gasteiger charge is -2.23. The fourth-order valence-electron chi connectivity index (χ4n) is 4.17. The van der Waals surface area contributed by atoms with Crippen molar-refractivity contribution < 1.29 is 4.79 Å². The second-order valence-corrected chi connectivity index (χ2v) is 10.7. The number of hydrogen-bond acceptors (Lipinski definition) is 3. The highest BCUT2D eigenvalue weighted by molar-refractivity contribution is 5.90. The van der Waals surface area contributed by atoms with Crippen molar-refractivity contribution in [2.75, 3.05) is 19.6 Å². The summed E-state index contributed by atoms with van der Waals surface area (Å²) in [6.07, 6.45) is 8.96. The summed E-state index contributed by atoms with van der Waals surface area (Å²) >= 11 is 0. The first-order valence-electron chi connectivity index (χ1n) is 14.1. The van der Waals surface area contributed by atoms with Gasteiger partial charge in [0.1, 0.15) is 6.29 Å². The van der Waals surface area contributed by atoms with Gasteiger partial charge in [0.05, 0.1) is 5.70 Å². The molecule has 1 aromatic rings. The highest BCUT2D eigenvalue weighted by atomic mass is 16.1. The Morgan fingerprint density at radius 2 is 1.23 bits per heavy atom. The fraction of sp³-hybridized carbons (Fsp3) is 0.688. The van der Waals surface area contributed by atoms with Crippen LogP contribution in [0.25, 0.3) is 5.70 Å². The third-order valence-corrected chi connectivity index (χ3v) is 6.56. The molecule has 0 unspecified atom stereocenters. The van der Waals surface area contributed by atoms with Gasteiger partial charge in [0.2, 0.25) is 0 Å². The monoisotopic (exact) mass is 484 g/mol. The van der Waals surface area contributed by atoms with E-state index < -0.39 is 0 Å². The van der Waals surface area contributed by atoms with E-state index in [0.717, 1.165) is 17.5 Å². The Hall–Kier alpha value is -1.74. The van der Waals surface area contributed by atoms with E-state index in [0.29, 0.717) is 23.3 Å². The molecule has 1 rings (SSSR count). The lowest BCUT2D eigenvalue weighted by molar-refractivity contribution is -0.104. The number of hydrogen-bond donors (Lipinski definition) is 0. The van der Waals surface area contributed by atoms with Gasteiger partial charge < -0.3 is 4.90 Å². The Balaban J connectivity index is 0.000000761. The van der Waals surface area contributed by atoms with Gasteiger partial charge >= 0.3 is 0 Å². The molecule has 0 saturated carbocycles. The molecule has 0 atom stereocenters. The summed E-state index contributed by atoms with van der Waals surface area (Å²) < 4.78 is 0. The van der Waals surface area contributed by atoms with E-state index in [1.165, 1.54) is 74.8 Å². The van der Waals surface area contributed by atoms with Crippen molar-refractivity contribution in [3.63, 3.8) is 0 Å². The summed E-state index contributed by atoms with van der Waals surface area (Å²) in [4.78, 5) is 18.1. The second-order valence-electron chi connectivity index (χ2n) is 10.7. The zero-order valence-corrected chi connectivity index (χ0v) is 24.8. The van der Waals surface area contributed by atoms with Gasteiger partial charge in [-0.25, -0.2) is 0 Å². The van der Waals surface area contributed by atoms with Gasteiger partial charge in [-0.1, -0.05) is 93.7 Å². The van der Waals surface area contributed by atoms with E-state index in [-0.39, 0.29) is 0 Å². The maximum atomic E-state index is 11.3. The van der Waals surface area contributed by atoms with Crippen molar-refractivity contribution in [1.82, 2.24) is 4.90 Å². The summed E-state index contributed by atoms with van der Waals surface area (Å²) in [6.45, 7) is 29.4. The van der Waals surface area contributed by atoms with Gasteiger partial charge in [-0.15, -0.1) is 0 Å². The van der Waals surface area contributed by atoms with Crippen LogP contribution in [0.5, 0.6) is 0 Å². The van der Waals surface area contributed by atoms with Gasteiger partial charge in [0, 0.05) is 11.1 Å². The molecular formula is C32H56N2O. The zero-order chi connectivity index (χ0) is 27.0. The first-order valence-corrected chi connectivity index (χ1v) is 14.1. The SMILES string of the molecule is C=N/C(=C(\C)C=O)c1c(C(C)C)cc(C(C)C)cc1C(C)C.CCCCN(CCCC)CCCC. The normalized spacial score (nSPS) is 12.2. The molecule has 0 N–H and O–H groups in total. The van der Waals surface area contributed by atoms with Crippen molar-refractivity contribution in [2.45, 2.75) is 126 Å². The molecule has 0 aliphatic heterocycles. The third kappa shape index (κ3) is 11.7. The van der Waals surface area contributed by atoms with Gasteiger partial charge in [0.25, 0.3) is 0 Å². The number of unbranched alkanes of at least 4 members (excludes halogenated alkanes) is 3. The number of carbonyl (C=O) groups excluding carboxylic acids is 1. The Bertz CT molecular complexity index is 726. The highest BCUT2D eigenvalue weighted by Crippen LogP contribution is 2.37. The molecule has 0 aliphatic carbocycles. The summed E-state index contributed by atoms with van der Waals surface area (Å²) in [7, 11) is 0. The second kappa shape index (κ2) is 18.5. The summed E-state index contributed by atoms with van der Waals surface area (Å²) in [5.41, 5.74) is 6.28. The van der Waals surface area contributed by atoms with E-state index in [1.54, 1.807) is 0 Å². The number of nitrogens with zero attached hydrogens (tertiary/aromatic N) is 2. The largest absolute Gasteiger partial charge is 0.303 e. The predicted octanol–water partition coefficient (Wildman–Crippen LogP) is 9.38. The molecule has 200 valence electrons. The minimum absolute atomic E-state index is 0.363. The van der Waals surface area contributed by atoms with Crippen molar-refractivity contribution in [1.29, 1.82) is 0 Å². The van der Waals surface area contributed by atoms with Crippen molar-refractivity contribution in [3.05, 3.63) is 40.0 Å². The predicted molar refractivity (Wildman–Crippen MR) is 158 cm³/mol. The molecule has 0 radical (unpaired) electrons. The lowest BCUT2D eigenvalue weighted by Crippen LogP contribution is -2.27. The Labute approximate surface area is 218 Å². The molecule has 0 bridgehead atoms. The van der Waals surface area contributed by atoms with Gasteiger partial charge in [-0.2, -0.15) is 0 Å². The van der Waals surface area contributed by atoms with Crippen LogP contribution >= 0.6 is 0 Å². The molecular weight excluding hydrogens is 428 g/mol. The van der Waals surface area contributed by atoms with Gasteiger partial charge in [-0.3, -0.25) is 9.79 Å². The average molecular weight is 485 g/mol. The van der Waals surface area contributed by atoms with Crippen LogP contribution in [-0.4, -0.2) is 37.5 Å². The molecule has 35 heavy (non-hydrogen) atoms. The molecule has 0 saturated heterocycles. The molecule has 1 aromatic carbocycles. The van der Waals surface area contributed by atoms with Crippen molar-refractivity contribution >= 4 is 18.7 Å². The first-order chi connectivity index (χ1) is 16.6. The molecule has 0 spiro atoms. The summed E-state index contributed by atoms with van der Waals surface area (Å²) in [5.74, 6) is 1.20. The standard InChI is InChI=1S/C20H29NO.C12H27N/c1-12(2)16-9-17(13(3)4)19(18(10-16)14(5)6)20(21-8)15(7)11-22;1-4-7-10-13(11-8-5-2)12-9-6-3/h9-14H,8H2,1-7H3;4-12H2,1-3H3/b20-15+;. The fourth-order valence-corrected chi connectivity index (χ4v) is 4.17. The molecule has 0 heterocycles. The number of rotatable bonds is 15. The number of aliphatic imine (C=N–C) groups is 1. The Kier molecular flexibility index (Phi) is 17.6. The van der Waals surface area contributed by atoms with Crippen LogP contribution < -0.4 is 0 Å². The zero-order valence-electron chi connectivity index (χ0n) is 24.8. The molecule has 0 amide bonds. The van der Waals surface area contributed by atoms with Crippen LogP contribution in [0.3, 0.4) is 0 Å². The molecule has 3 nitrogen and oxygen atoms in total. The van der Waals surface area contributed by atoms with E-state index in [9.17, 15) is 4.79 Å². The number of allylic oxidation sites excluding steroid dienone is 1. The number of carbonyl (C=O) groups is 1.